The maximum atomic E-state index is 12.7. The number of rotatable bonds is 8. The van der Waals surface area contributed by atoms with Crippen LogP contribution >= 0.6 is 23.1 Å². The molecular formula is C21H23N3O2S2. The van der Waals surface area contributed by atoms with Gasteiger partial charge in [0.15, 0.2) is 4.34 Å². The van der Waals surface area contributed by atoms with Crippen LogP contribution in [-0.4, -0.2) is 40.5 Å². The molecular weight excluding hydrogens is 390 g/mol. The second-order valence-electron chi connectivity index (χ2n) is 6.41. The third-order valence-electron chi connectivity index (χ3n) is 4.19. The number of benzene rings is 2. The molecule has 1 aromatic heterocycles. The van der Waals surface area contributed by atoms with E-state index in [9.17, 15) is 9.59 Å². The zero-order valence-electron chi connectivity index (χ0n) is 16.0. The van der Waals surface area contributed by atoms with E-state index in [1.165, 1.54) is 11.8 Å². The fraction of sp³-hybridized carbons (Fsp3) is 0.286. The Kier molecular flexibility index (Phi) is 7.06. The Morgan fingerprint density at radius 2 is 1.89 bits per heavy atom. The molecule has 3 aromatic rings. The van der Waals surface area contributed by atoms with Crippen molar-refractivity contribution < 1.29 is 9.59 Å². The second-order valence-corrected chi connectivity index (χ2v) is 8.67. The van der Waals surface area contributed by atoms with Crippen LogP contribution in [0.25, 0.3) is 10.2 Å². The lowest BCUT2D eigenvalue weighted by atomic mass is 10.2. The number of carbonyl (C=O) groups excluding carboxylic acids is 2. The maximum absolute atomic E-state index is 12.7. The summed E-state index contributed by atoms with van der Waals surface area (Å²) in [6.07, 6.45) is 0.801. The number of anilines is 1. The van der Waals surface area contributed by atoms with Crippen molar-refractivity contribution in [2.45, 2.75) is 24.6 Å². The number of nitrogens with one attached hydrogen (secondary N) is 1. The van der Waals surface area contributed by atoms with Gasteiger partial charge in [-0.1, -0.05) is 49.0 Å². The van der Waals surface area contributed by atoms with Gasteiger partial charge in [0.1, 0.15) is 0 Å². The molecule has 0 spiro atoms. The molecule has 3 rings (SSSR count). The van der Waals surface area contributed by atoms with Gasteiger partial charge in [-0.3, -0.25) is 9.59 Å². The summed E-state index contributed by atoms with van der Waals surface area (Å²) in [5.74, 6) is 0.0458. The van der Waals surface area contributed by atoms with E-state index < -0.39 is 0 Å². The molecule has 0 unspecified atom stereocenters. The maximum Gasteiger partial charge on any atom is 0.244 e. The number of thiazole rings is 1. The van der Waals surface area contributed by atoms with Crippen LogP contribution in [0.2, 0.25) is 0 Å². The van der Waals surface area contributed by atoms with Crippen molar-refractivity contribution in [2.24, 2.45) is 0 Å². The predicted molar refractivity (Wildman–Crippen MR) is 117 cm³/mol. The van der Waals surface area contributed by atoms with Crippen LogP contribution in [0.15, 0.2) is 52.9 Å². The topological polar surface area (TPSA) is 62.3 Å². The molecule has 0 fully saturated rings. The van der Waals surface area contributed by atoms with Crippen LogP contribution in [0, 0.1) is 6.92 Å². The van der Waals surface area contributed by atoms with E-state index in [1.54, 1.807) is 16.2 Å². The Labute approximate surface area is 173 Å². The van der Waals surface area contributed by atoms with Crippen LogP contribution in [0.1, 0.15) is 18.9 Å². The molecule has 0 radical (unpaired) electrons. The SMILES string of the molecule is CCCN(CC(=O)Nc1ccccc1C)C(=O)CSc1nc2ccccc2s1. The minimum atomic E-state index is -0.180. The number of amides is 2. The molecule has 146 valence electrons. The molecule has 1 heterocycles. The molecule has 0 atom stereocenters. The number of aromatic nitrogens is 1. The number of carbonyl (C=O) groups is 2. The Bertz CT molecular complexity index is 938. The predicted octanol–water partition coefficient (Wildman–Crippen LogP) is 4.57. The van der Waals surface area contributed by atoms with Crippen molar-refractivity contribution in [3.05, 3.63) is 54.1 Å². The number of hydrogen-bond donors (Lipinski definition) is 1. The van der Waals surface area contributed by atoms with Crippen LogP contribution in [0.4, 0.5) is 5.69 Å². The molecule has 1 N–H and O–H groups in total. The largest absolute Gasteiger partial charge is 0.333 e. The fourth-order valence-electron chi connectivity index (χ4n) is 2.77. The highest BCUT2D eigenvalue weighted by Gasteiger charge is 2.18. The van der Waals surface area contributed by atoms with Gasteiger partial charge in [-0.25, -0.2) is 4.98 Å². The van der Waals surface area contributed by atoms with Crippen molar-refractivity contribution >= 4 is 50.8 Å². The number of fused-ring (bicyclic) bond motifs is 1. The van der Waals surface area contributed by atoms with Gasteiger partial charge < -0.3 is 10.2 Å². The van der Waals surface area contributed by atoms with Gasteiger partial charge in [0.2, 0.25) is 11.8 Å². The average molecular weight is 414 g/mol. The van der Waals surface area contributed by atoms with E-state index in [1.807, 2.05) is 62.4 Å². The lowest BCUT2D eigenvalue weighted by Crippen LogP contribution is -2.39. The van der Waals surface area contributed by atoms with Gasteiger partial charge in [0.05, 0.1) is 22.5 Å². The number of nitrogens with zero attached hydrogens (tertiary/aromatic N) is 2. The molecule has 7 heteroatoms. The third kappa shape index (κ3) is 5.33. The standard InChI is InChI=1S/C21H23N3O2S2/c1-3-12-24(13-19(25)22-16-9-5-4-8-15(16)2)20(26)14-27-21-23-17-10-6-7-11-18(17)28-21/h4-11H,3,12-14H2,1-2H3,(H,22,25). The van der Waals surface area contributed by atoms with Gasteiger partial charge in [-0.2, -0.15) is 0 Å². The summed E-state index contributed by atoms with van der Waals surface area (Å²) in [4.78, 5) is 31.3. The summed E-state index contributed by atoms with van der Waals surface area (Å²) in [6.45, 7) is 4.56. The van der Waals surface area contributed by atoms with Crippen molar-refractivity contribution in [3.8, 4) is 0 Å². The molecule has 0 aliphatic heterocycles. The van der Waals surface area contributed by atoms with Gasteiger partial charge in [0, 0.05) is 12.2 Å². The number of para-hydroxylation sites is 2. The van der Waals surface area contributed by atoms with E-state index >= 15 is 0 Å². The number of aryl methyl sites for hydroxylation is 1. The minimum absolute atomic E-state index is 0.0500. The Morgan fingerprint density at radius 3 is 2.64 bits per heavy atom. The first-order valence-electron chi connectivity index (χ1n) is 9.18. The minimum Gasteiger partial charge on any atom is -0.333 e. The Balaban J connectivity index is 1.58. The fourth-order valence-corrected chi connectivity index (χ4v) is 4.74. The highest BCUT2D eigenvalue weighted by Crippen LogP contribution is 2.29. The molecule has 2 amide bonds. The van der Waals surface area contributed by atoms with Crippen molar-refractivity contribution in [2.75, 3.05) is 24.2 Å². The molecule has 5 nitrogen and oxygen atoms in total. The monoisotopic (exact) mass is 413 g/mol. The normalized spacial score (nSPS) is 10.8. The van der Waals surface area contributed by atoms with E-state index in [-0.39, 0.29) is 24.1 Å². The zero-order chi connectivity index (χ0) is 19.9. The highest BCUT2D eigenvalue weighted by atomic mass is 32.2. The summed E-state index contributed by atoms with van der Waals surface area (Å²) in [6, 6.07) is 15.5. The quantitative estimate of drug-likeness (QED) is 0.549. The van der Waals surface area contributed by atoms with E-state index in [2.05, 4.69) is 10.3 Å². The first-order valence-corrected chi connectivity index (χ1v) is 11.0. The van der Waals surface area contributed by atoms with Crippen molar-refractivity contribution in [3.63, 3.8) is 0 Å². The molecule has 28 heavy (non-hydrogen) atoms. The number of thioether (sulfide) groups is 1. The van der Waals surface area contributed by atoms with Crippen molar-refractivity contribution in [1.29, 1.82) is 0 Å². The summed E-state index contributed by atoms with van der Waals surface area (Å²) in [5, 5.41) is 2.90. The molecule has 0 bridgehead atoms. The zero-order valence-corrected chi connectivity index (χ0v) is 17.6. The van der Waals surface area contributed by atoms with Gasteiger partial charge in [-0.15, -0.1) is 11.3 Å². The lowest BCUT2D eigenvalue weighted by molar-refractivity contribution is -0.132. The van der Waals surface area contributed by atoms with Crippen molar-refractivity contribution in [1.82, 2.24) is 9.88 Å². The van der Waals surface area contributed by atoms with Crippen LogP contribution in [0.5, 0.6) is 0 Å². The average Bonchev–Trinajstić information content (AvgIpc) is 3.10. The summed E-state index contributed by atoms with van der Waals surface area (Å²) >= 11 is 3.01. The Hall–Kier alpha value is -2.38. The van der Waals surface area contributed by atoms with E-state index in [0.29, 0.717) is 6.54 Å². The molecule has 0 aliphatic rings. The van der Waals surface area contributed by atoms with Crippen LogP contribution in [0.3, 0.4) is 0 Å². The summed E-state index contributed by atoms with van der Waals surface area (Å²) in [7, 11) is 0. The van der Waals surface area contributed by atoms with Gasteiger partial charge in [-0.05, 0) is 37.1 Å². The van der Waals surface area contributed by atoms with Gasteiger partial charge >= 0.3 is 0 Å². The summed E-state index contributed by atoms with van der Waals surface area (Å²) < 4.78 is 1.98. The van der Waals surface area contributed by atoms with E-state index in [4.69, 9.17) is 0 Å². The number of hydrogen-bond acceptors (Lipinski definition) is 5. The van der Waals surface area contributed by atoms with Crippen LogP contribution in [-0.2, 0) is 9.59 Å². The highest BCUT2D eigenvalue weighted by molar-refractivity contribution is 8.01. The smallest absolute Gasteiger partial charge is 0.244 e. The third-order valence-corrected chi connectivity index (χ3v) is 6.36. The van der Waals surface area contributed by atoms with Crippen LogP contribution < -0.4 is 5.32 Å². The molecule has 0 aliphatic carbocycles. The first kappa shape index (κ1) is 20.4. The first-order chi connectivity index (χ1) is 13.6. The summed E-state index contributed by atoms with van der Waals surface area (Å²) in [5.41, 5.74) is 2.72. The molecule has 0 saturated heterocycles. The second kappa shape index (κ2) is 9.71. The molecule has 2 aromatic carbocycles. The van der Waals surface area contributed by atoms with E-state index in [0.717, 1.165) is 32.2 Å². The molecule has 0 saturated carbocycles. The Morgan fingerprint density at radius 1 is 1.14 bits per heavy atom. The van der Waals surface area contributed by atoms with Gasteiger partial charge in [0.25, 0.3) is 0 Å². The lowest BCUT2D eigenvalue weighted by Gasteiger charge is -2.21.